The van der Waals surface area contributed by atoms with Crippen LogP contribution < -0.4 is 5.32 Å². The molecule has 0 unspecified atom stereocenters. The molecule has 0 aliphatic rings. The molecule has 1 amide bonds. The van der Waals surface area contributed by atoms with Gasteiger partial charge in [-0.2, -0.15) is 11.3 Å². The van der Waals surface area contributed by atoms with Crippen molar-refractivity contribution in [2.75, 3.05) is 6.54 Å². The second-order valence-electron chi connectivity index (χ2n) is 5.05. The Balaban J connectivity index is 1.75. The smallest absolute Gasteiger partial charge is 0.248 e. The highest BCUT2D eigenvalue weighted by Gasteiger charge is 2.10. The number of nitrogens with zero attached hydrogens (tertiary/aromatic N) is 2. The van der Waals surface area contributed by atoms with E-state index in [9.17, 15) is 4.79 Å². The lowest BCUT2D eigenvalue weighted by atomic mass is 10.1. The fourth-order valence-corrected chi connectivity index (χ4v) is 2.30. The molecule has 2 aromatic heterocycles. The number of hydrogen-bond donors (Lipinski definition) is 1. The van der Waals surface area contributed by atoms with Crippen molar-refractivity contribution in [3.05, 3.63) is 22.7 Å². The van der Waals surface area contributed by atoms with E-state index in [0.29, 0.717) is 30.5 Å². The molecule has 0 saturated carbocycles. The van der Waals surface area contributed by atoms with E-state index < -0.39 is 0 Å². The average Bonchev–Trinajstić information content (AvgIpc) is 3.06. The summed E-state index contributed by atoms with van der Waals surface area (Å²) in [4.78, 5) is 11.6. The van der Waals surface area contributed by atoms with E-state index in [1.807, 2.05) is 16.8 Å². The summed E-state index contributed by atoms with van der Waals surface area (Å²) in [6.45, 7) is 4.99. The Labute approximate surface area is 122 Å². The van der Waals surface area contributed by atoms with Crippen LogP contribution in [-0.4, -0.2) is 22.6 Å². The third-order valence-corrected chi connectivity index (χ3v) is 3.53. The molecule has 1 N–H and O–H groups in total. The number of aromatic nitrogens is 2. The van der Waals surface area contributed by atoms with Crippen LogP contribution in [0.25, 0.3) is 11.5 Å². The van der Waals surface area contributed by atoms with Gasteiger partial charge >= 0.3 is 0 Å². The Bertz CT molecular complexity index is 534. The van der Waals surface area contributed by atoms with Gasteiger partial charge in [0.25, 0.3) is 0 Å². The van der Waals surface area contributed by atoms with Crippen LogP contribution >= 0.6 is 11.3 Å². The first-order chi connectivity index (χ1) is 9.65. The molecule has 0 bridgehead atoms. The molecule has 2 heterocycles. The molecule has 0 atom stereocenters. The molecule has 2 aromatic rings. The largest absolute Gasteiger partial charge is 0.421 e. The van der Waals surface area contributed by atoms with Gasteiger partial charge in [0.05, 0.1) is 0 Å². The highest BCUT2D eigenvalue weighted by atomic mass is 32.1. The van der Waals surface area contributed by atoms with E-state index in [-0.39, 0.29) is 5.91 Å². The molecule has 2 rings (SSSR count). The van der Waals surface area contributed by atoms with Crippen LogP contribution in [0.5, 0.6) is 0 Å². The van der Waals surface area contributed by atoms with Gasteiger partial charge in [-0.25, -0.2) is 0 Å². The zero-order chi connectivity index (χ0) is 14.4. The van der Waals surface area contributed by atoms with Crippen molar-refractivity contribution in [3.63, 3.8) is 0 Å². The lowest BCUT2D eigenvalue weighted by Gasteiger charge is -2.06. The van der Waals surface area contributed by atoms with Crippen LogP contribution in [0.3, 0.4) is 0 Å². The minimum absolute atomic E-state index is 0.0286. The normalized spacial score (nSPS) is 10.9. The van der Waals surface area contributed by atoms with Gasteiger partial charge in [0.1, 0.15) is 0 Å². The molecule has 0 aromatic carbocycles. The number of carbonyl (C=O) groups is 1. The van der Waals surface area contributed by atoms with Crippen molar-refractivity contribution in [1.82, 2.24) is 15.5 Å². The predicted molar refractivity (Wildman–Crippen MR) is 78.4 cm³/mol. The van der Waals surface area contributed by atoms with Crippen molar-refractivity contribution in [2.45, 2.75) is 33.1 Å². The maximum Gasteiger partial charge on any atom is 0.248 e. The molecular weight excluding hydrogens is 274 g/mol. The zero-order valence-corrected chi connectivity index (χ0v) is 12.6. The van der Waals surface area contributed by atoms with Crippen LogP contribution in [-0.2, 0) is 11.2 Å². The van der Waals surface area contributed by atoms with Crippen molar-refractivity contribution in [3.8, 4) is 11.5 Å². The summed E-state index contributed by atoms with van der Waals surface area (Å²) in [5.41, 5.74) is 0.926. The van der Waals surface area contributed by atoms with E-state index in [2.05, 4.69) is 29.4 Å². The van der Waals surface area contributed by atoms with Crippen LogP contribution in [0, 0.1) is 5.92 Å². The third-order valence-electron chi connectivity index (χ3n) is 2.84. The monoisotopic (exact) mass is 293 g/mol. The summed E-state index contributed by atoms with van der Waals surface area (Å²) < 4.78 is 5.53. The number of hydrogen-bond acceptors (Lipinski definition) is 5. The number of nitrogens with one attached hydrogen (secondary N) is 1. The fraction of sp³-hybridized carbons (Fsp3) is 0.500. The number of amides is 1. The van der Waals surface area contributed by atoms with Gasteiger partial charge in [-0.15, -0.1) is 10.2 Å². The summed E-state index contributed by atoms with van der Waals surface area (Å²) >= 11 is 1.58. The van der Waals surface area contributed by atoms with Gasteiger partial charge in [-0.3, -0.25) is 4.79 Å². The summed E-state index contributed by atoms with van der Waals surface area (Å²) in [6, 6.07) is 1.93. The minimum Gasteiger partial charge on any atom is -0.421 e. The molecule has 0 saturated heterocycles. The van der Waals surface area contributed by atoms with Crippen molar-refractivity contribution in [2.24, 2.45) is 5.92 Å². The van der Waals surface area contributed by atoms with Gasteiger partial charge in [0.2, 0.25) is 17.7 Å². The van der Waals surface area contributed by atoms with Gasteiger partial charge in [-0.1, -0.05) is 13.8 Å². The van der Waals surface area contributed by atoms with E-state index in [4.69, 9.17) is 4.42 Å². The summed E-state index contributed by atoms with van der Waals surface area (Å²) in [6.07, 6.45) is 1.85. The second kappa shape index (κ2) is 7.19. The minimum atomic E-state index is 0.0286. The lowest BCUT2D eigenvalue weighted by Crippen LogP contribution is -2.25. The molecule has 6 heteroatoms. The molecular formula is C14H19N3O2S. The highest BCUT2D eigenvalue weighted by molar-refractivity contribution is 7.08. The molecule has 0 fully saturated rings. The van der Waals surface area contributed by atoms with Crippen molar-refractivity contribution < 1.29 is 9.21 Å². The quantitative estimate of drug-likeness (QED) is 0.852. The standard InChI is InChI=1S/C14H19N3O2S/c1-10(2)5-7-15-12(18)3-4-13-16-17-14(19-13)11-6-8-20-9-11/h6,8-10H,3-5,7H2,1-2H3,(H,15,18). The van der Waals surface area contributed by atoms with Crippen LogP contribution in [0.4, 0.5) is 0 Å². The summed E-state index contributed by atoms with van der Waals surface area (Å²) in [7, 11) is 0. The maximum absolute atomic E-state index is 11.6. The molecule has 108 valence electrons. The maximum atomic E-state index is 11.6. The summed E-state index contributed by atoms with van der Waals surface area (Å²) in [5, 5.41) is 14.7. The molecule has 0 aliphatic heterocycles. The van der Waals surface area contributed by atoms with Gasteiger partial charge in [0.15, 0.2) is 0 Å². The zero-order valence-electron chi connectivity index (χ0n) is 11.8. The Morgan fingerprint density at radius 3 is 3.00 bits per heavy atom. The Hall–Kier alpha value is -1.69. The van der Waals surface area contributed by atoms with Crippen LogP contribution in [0.2, 0.25) is 0 Å². The molecule has 0 spiro atoms. The van der Waals surface area contributed by atoms with Gasteiger partial charge < -0.3 is 9.73 Å². The molecule has 0 radical (unpaired) electrons. The van der Waals surface area contributed by atoms with E-state index in [1.54, 1.807) is 11.3 Å². The second-order valence-corrected chi connectivity index (χ2v) is 5.83. The number of rotatable bonds is 7. The average molecular weight is 293 g/mol. The third kappa shape index (κ3) is 4.45. The number of thiophene rings is 1. The van der Waals surface area contributed by atoms with Crippen molar-refractivity contribution in [1.29, 1.82) is 0 Å². The van der Waals surface area contributed by atoms with Crippen LogP contribution in [0.1, 0.15) is 32.6 Å². The molecule has 0 aliphatic carbocycles. The van der Waals surface area contributed by atoms with Crippen LogP contribution in [0.15, 0.2) is 21.2 Å². The molecule has 5 nitrogen and oxygen atoms in total. The van der Waals surface area contributed by atoms with Gasteiger partial charge in [0, 0.05) is 30.3 Å². The first-order valence-electron chi connectivity index (χ1n) is 6.77. The SMILES string of the molecule is CC(C)CCNC(=O)CCc1nnc(-c2ccsc2)o1. The number of aryl methyl sites for hydroxylation is 1. The van der Waals surface area contributed by atoms with E-state index >= 15 is 0 Å². The highest BCUT2D eigenvalue weighted by Crippen LogP contribution is 2.20. The van der Waals surface area contributed by atoms with Gasteiger partial charge in [-0.05, 0) is 23.8 Å². The number of carbonyl (C=O) groups excluding carboxylic acids is 1. The Morgan fingerprint density at radius 1 is 1.45 bits per heavy atom. The van der Waals surface area contributed by atoms with E-state index in [0.717, 1.165) is 18.5 Å². The van der Waals surface area contributed by atoms with E-state index in [1.165, 1.54) is 0 Å². The summed E-state index contributed by atoms with van der Waals surface area (Å²) in [5.74, 6) is 1.65. The fourth-order valence-electron chi connectivity index (χ4n) is 1.67. The topological polar surface area (TPSA) is 68.0 Å². The first-order valence-corrected chi connectivity index (χ1v) is 7.71. The Morgan fingerprint density at radius 2 is 2.30 bits per heavy atom. The van der Waals surface area contributed by atoms with Crippen molar-refractivity contribution >= 4 is 17.2 Å². The lowest BCUT2D eigenvalue weighted by molar-refractivity contribution is -0.121. The predicted octanol–water partition coefficient (Wildman–Crippen LogP) is 2.89. The first kappa shape index (κ1) is 14.7. The molecule has 20 heavy (non-hydrogen) atoms. The Kier molecular flexibility index (Phi) is 5.29.